The molecule has 2 rings (SSSR count). The highest BCUT2D eigenvalue weighted by atomic mass is 16.2. The molecule has 1 aliphatic rings. The molecule has 1 unspecified atom stereocenters. The number of aromatic nitrogens is 1. The fraction of sp³-hybridized carbons (Fsp3) is 0.462. The zero-order chi connectivity index (χ0) is 13.5. The summed E-state index contributed by atoms with van der Waals surface area (Å²) in [6.07, 6.45) is 3.78. The number of carbonyl (C=O) groups excluding carboxylic acids is 2. The van der Waals surface area contributed by atoms with Crippen molar-refractivity contribution in [1.82, 2.24) is 20.9 Å². The first kappa shape index (κ1) is 13.5. The highest BCUT2D eigenvalue weighted by Gasteiger charge is 2.15. The summed E-state index contributed by atoms with van der Waals surface area (Å²) >= 11 is 0. The number of nitrogens with one attached hydrogen (secondary N) is 3. The van der Waals surface area contributed by atoms with Crippen molar-refractivity contribution in [3.63, 3.8) is 0 Å². The van der Waals surface area contributed by atoms with Crippen molar-refractivity contribution in [1.29, 1.82) is 0 Å². The summed E-state index contributed by atoms with van der Waals surface area (Å²) < 4.78 is 0. The third kappa shape index (κ3) is 4.33. The Bertz CT molecular complexity index is 430. The maximum Gasteiger partial charge on any atom is 0.270 e. The molecule has 0 aromatic carbocycles. The summed E-state index contributed by atoms with van der Waals surface area (Å²) in [5, 5.41) is 8.63. The Kier molecular flexibility index (Phi) is 4.85. The van der Waals surface area contributed by atoms with Crippen LogP contribution in [0.5, 0.6) is 0 Å². The van der Waals surface area contributed by atoms with Crippen molar-refractivity contribution in [3.8, 4) is 0 Å². The lowest BCUT2D eigenvalue weighted by molar-refractivity contribution is -0.120. The van der Waals surface area contributed by atoms with Crippen LogP contribution in [0.25, 0.3) is 0 Å². The van der Waals surface area contributed by atoms with E-state index in [2.05, 4.69) is 20.9 Å². The van der Waals surface area contributed by atoms with E-state index < -0.39 is 0 Å². The van der Waals surface area contributed by atoms with Crippen LogP contribution in [-0.2, 0) is 4.79 Å². The number of amides is 2. The van der Waals surface area contributed by atoms with Gasteiger partial charge in [-0.05, 0) is 31.5 Å². The molecule has 6 heteroatoms. The summed E-state index contributed by atoms with van der Waals surface area (Å²) in [5.41, 5.74) is 0.313. The molecule has 3 N–H and O–H groups in total. The Morgan fingerprint density at radius 1 is 1.37 bits per heavy atom. The maximum atomic E-state index is 11.6. The van der Waals surface area contributed by atoms with Crippen LogP contribution in [-0.4, -0.2) is 42.5 Å². The molecule has 1 atom stereocenters. The first-order valence-electron chi connectivity index (χ1n) is 6.45. The van der Waals surface area contributed by atoms with Gasteiger partial charge in [0.1, 0.15) is 5.69 Å². The second kappa shape index (κ2) is 6.84. The summed E-state index contributed by atoms with van der Waals surface area (Å²) in [7, 11) is 0. The van der Waals surface area contributed by atoms with Crippen molar-refractivity contribution >= 4 is 11.8 Å². The fourth-order valence-electron chi connectivity index (χ4n) is 1.98. The molecule has 1 saturated heterocycles. The van der Waals surface area contributed by atoms with Gasteiger partial charge in [-0.1, -0.05) is 6.07 Å². The average Bonchev–Trinajstić information content (AvgIpc) is 2.96. The quantitative estimate of drug-likeness (QED) is 0.679. The van der Waals surface area contributed by atoms with E-state index in [1.165, 1.54) is 0 Å². The van der Waals surface area contributed by atoms with E-state index >= 15 is 0 Å². The first-order valence-corrected chi connectivity index (χ1v) is 6.45. The van der Waals surface area contributed by atoms with Crippen LogP contribution >= 0.6 is 0 Å². The van der Waals surface area contributed by atoms with E-state index in [-0.39, 0.29) is 18.4 Å². The van der Waals surface area contributed by atoms with Crippen LogP contribution in [0.1, 0.15) is 23.3 Å². The van der Waals surface area contributed by atoms with Gasteiger partial charge in [0.15, 0.2) is 0 Å². The summed E-state index contributed by atoms with van der Waals surface area (Å²) in [6.45, 7) is 1.59. The Hall–Kier alpha value is -1.95. The number of pyridine rings is 1. The van der Waals surface area contributed by atoms with Gasteiger partial charge in [0.25, 0.3) is 5.91 Å². The Labute approximate surface area is 112 Å². The van der Waals surface area contributed by atoms with E-state index in [0.29, 0.717) is 18.3 Å². The minimum Gasteiger partial charge on any atom is -0.353 e. The second-order valence-corrected chi connectivity index (χ2v) is 4.50. The smallest absolute Gasteiger partial charge is 0.270 e. The lowest BCUT2D eigenvalue weighted by atomic mass is 10.2. The van der Waals surface area contributed by atoms with Gasteiger partial charge in [0.05, 0.1) is 6.54 Å². The van der Waals surface area contributed by atoms with Crippen LogP contribution in [0.2, 0.25) is 0 Å². The lowest BCUT2D eigenvalue weighted by Crippen LogP contribution is -2.42. The number of carbonyl (C=O) groups is 2. The monoisotopic (exact) mass is 262 g/mol. The standard InChI is InChI=1S/C13H18N4O2/c18-12(16-8-10-4-3-7-14-10)9-17-13(19)11-5-1-2-6-15-11/h1-2,5-6,10,14H,3-4,7-9H2,(H,16,18)(H,17,19). The van der Waals surface area contributed by atoms with Crippen LogP contribution in [0.4, 0.5) is 0 Å². The predicted molar refractivity (Wildman–Crippen MR) is 70.6 cm³/mol. The SMILES string of the molecule is O=C(CNC(=O)c1ccccn1)NCC1CCCN1. The molecule has 2 amide bonds. The molecule has 1 aromatic rings. The van der Waals surface area contributed by atoms with Crippen molar-refractivity contribution < 1.29 is 9.59 Å². The fourth-order valence-corrected chi connectivity index (χ4v) is 1.98. The van der Waals surface area contributed by atoms with E-state index in [0.717, 1.165) is 19.4 Å². The summed E-state index contributed by atoms with van der Waals surface area (Å²) in [5.74, 6) is -0.521. The normalized spacial score (nSPS) is 18.0. The van der Waals surface area contributed by atoms with Crippen LogP contribution in [0.3, 0.4) is 0 Å². The first-order chi connectivity index (χ1) is 9.25. The molecule has 102 valence electrons. The Balaban J connectivity index is 1.67. The lowest BCUT2D eigenvalue weighted by Gasteiger charge is -2.11. The van der Waals surface area contributed by atoms with Gasteiger partial charge in [0, 0.05) is 18.8 Å². The molecule has 19 heavy (non-hydrogen) atoms. The van der Waals surface area contributed by atoms with Gasteiger partial charge in [0.2, 0.25) is 5.91 Å². The van der Waals surface area contributed by atoms with E-state index in [4.69, 9.17) is 0 Å². The third-order valence-electron chi connectivity index (χ3n) is 3.02. The molecule has 6 nitrogen and oxygen atoms in total. The van der Waals surface area contributed by atoms with Crippen LogP contribution in [0.15, 0.2) is 24.4 Å². The van der Waals surface area contributed by atoms with Gasteiger partial charge in [-0.25, -0.2) is 0 Å². The molecule has 0 saturated carbocycles. The molecule has 0 aliphatic carbocycles. The average molecular weight is 262 g/mol. The van der Waals surface area contributed by atoms with E-state index in [1.807, 2.05) is 0 Å². The molecule has 0 spiro atoms. The van der Waals surface area contributed by atoms with Crippen molar-refractivity contribution in [2.24, 2.45) is 0 Å². The third-order valence-corrected chi connectivity index (χ3v) is 3.02. The number of nitrogens with zero attached hydrogens (tertiary/aromatic N) is 1. The summed E-state index contributed by atoms with van der Waals surface area (Å²) in [4.78, 5) is 27.1. The molecular formula is C13H18N4O2. The molecule has 1 aliphatic heterocycles. The van der Waals surface area contributed by atoms with Crippen molar-refractivity contribution in [2.45, 2.75) is 18.9 Å². The molecule has 1 aromatic heterocycles. The van der Waals surface area contributed by atoms with Crippen LogP contribution in [0, 0.1) is 0 Å². The molecular weight excluding hydrogens is 244 g/mol. The summed E-state index contributed by atoms with van der Waals surface area (Å²) in [6, 6.07) is 5.43. The molecule has 1 fully saturated rings. The molecule has 2 heterocycles. The van der Waals surface area contributed by atoms with Gasteiger partial charge in [-0.15, -0.1) is 0 Å². The van der Waals surface area contributed by atoms with Gasteiger partial charge < -0.3 is 16.0 Å². The van der Waals surface area contributed by atoms with Gasteiger partial charge >= 0.3 is 0 Å². The van der Waals surface area contributed by atoms with E-state index in [9.17, 15) is 9.59 Å². The highest BCUT2D eigenvalue weighted by molar-refractivity contribution is 5.94. The number of hydrogen-bond acceptors (Lipinski definition) is 4. The molecule has 0 bridgehead atoms. The van der Waals surface area contributed by atoms with Gasteiger partial charge in [-0.3, -0.25) is 14.6 Å². The predicted octanol–water partition coefficient (Wildman–Crippen LogP) is -0.320. The Morgan fingerprint density at radius 3 is 2.95 bits per heavy atom. The maximum absolute atomic E-state index is 11.6. The van der Waals surface area contributed by atoms with Gasteiger partial charge in [-0.2, -0.15) is 0 Å². The van der Waals surface area contributed by atoms with Crippen LogP contribution < -0.4 is 16.0 Å². The number of hydrogen-bond donors (Lipinski definition) is 3. The minimum atomic E-state index is -0.338. The zero-order valence-electron chi connectivity index (χ0n) is 10.7. The topological polar surface area (TPSA) is 83.1 Å². The molecule has 0 radical (unpaired) electrons. The number of rotatable bonds is 5. The van der Waals surface area contributed by atoms with Crippen molar-refractivity contribution in [2.75, 3.05) is 19.6 Å². The largest absolute Gasteiger partial charge is 0.353 e. The highest BCUT2D eigenvalue weighted by Crippen LogP contribution is 2.02. The van der Waals surface area contributed by atoms with E-state index in [1.54, 1.807) is 24.4 Å². The zero-order valence-corrected chi connectivity index (χ0v) is 10.7. The minimum absolute atomic E-state index is 0.0257. The Morgan fingerprint density at radius 2 is 2.26 bits per heavy atom. The second-order valence-electron chi connectivity index (χ2n) is 4.50. The van der Waals surface area contributed by atoms with Crippen molar-refractivity contribution in [3.05, 3.63) is 30.1 Å².